The van der Waals surface area contributed by atoms with Crippen LogP contribution in [0.3, 0.4) is 0 Å². The maximum absolute atomic E-state index is 10.5. The van der Waals surface area contributed by atoms with E-state index >= 15 is 0 Å². The highest BCUT2D eigenvalue weighted by atomic mass is 32.1. The van der Waals surface area contributed by atoms with E-state index in [0.717, 1.165) is 35.7 Å². The molecule has 0 aliphatic rings. The van der Waals surface area contributed by atoms with Crippen LogP contribution < -0.4 is 5.32 Å². The van der Waals surface area contributed by atoms with Crippen LogP contribution in [0.1, 0.15) is 22.6 Å². The van der Waals surface area contributed by atoms with Crippen LogP contribution in [0.15, 0.2) is 12.1 Å². The molecular weight excluding hydrogens is 226 g/mol. The van der Waals surface area contributed by atoms with Gasteiger partial charge in [-0.15, -0.1) is 11.3 Å². The van der Waals surface area contributed by atoms with E-state index in [1.54, 1.807) is 0 Å². The van der Waals surface area contributed by atoms with E-state index in [0.29, 0.717) is 0 Å². The highest BCUT2D eigenvalue weighted by Gasteiger charge is 2.03. The van der Waals surface area contributed by atoms with Crippen LogP contribution in [0.2, 0.25) is 0 Å². The first-order chi connectivity index (χ1) is 7.72. The number of aliphatic carboxylic acids is 1. The minimum absolute atomic E-state index is 0.106. The summed E-state index contributed by atoms with van der Waals surface area (Å²) in [5.74, 6) is -0.788. The van der Waals surface area contributed by atoms with Crippen LogP contribution in [0, 0.1) is 0 Å². The zero-order valence-corrected chi connectivity index (χ0v) is 9.92. The second kappa shape index (κ2) is 7.38. The van der Waals surface area contributed by atoms with Crippen molar-refractivity contribution in [1.82, 2.24) is 5.32 Å². The molecule has 0 aliphatic heterocycles. The smallest absolute Gasteiger partial charge is 0.308 e. The first-order valence-electron chi connectivity index (χ1n) is 5.33. The third-order valence-electron chi connectivity index (χ3n) is 2.10. The van der Waals surface area contributed by atoms with Crippen molar-refractivity contribution >= 4 is 17.3 Å². The number of carboxylic acid groups (broad SMARTS) is 1. The molecule has 90 valence electrons. The summed E-state index contributed by atoms with van der Waals surface area (Å²) in [6, 6.07) is 3.82. The maximum Gasteiger partial charge on any atom is 0.308 e. The number of thiophene rings is 1. The summed E-state index contributed by atoms with van der Waals surface area (Å²) in [5, 5.41) is 20.5. The third-order valence-corrected chi connectivity index (χ3v) is 3.19. The number of aliphatic hydroxyl groups is 1. The SMILES string of the molecule is O=C(O)Cc1ccc(CNCCCCO)s1. The lowest BCUT2D eigenvalue weighted by atomic mass is 10.3. The van der Waals surface area contributed by atoms with E-state index in [1.807, 2.05) is 12.1 Å². The topological polar surface area (TPSA) is 69.6 Å². The zero-order chi connectivity index (χ0) is 11.8. The molecule has 1 aromatic heterocycles. The molecule has 0 radical (unpaired) electrons. The Kier molecular flexibility index (Phi) is 6.07. The predicted octanol–water partition coefficient (Wildman–Crippen LogP) is 1.24. The number of hydrogen-bond donors (Lipinski definition) is 3. The van der Waals surface area contributed by atoms with E-state index in [1.165, 1.54) is 11.3 Å². The van der Waals surface area contributed by atoms with Gasteiger partial charge in [-0.1, -0.05) is 0 Å². The second-order valence-electron chi connectivity index (χ2n) is 3.55. The van der Waals surface area contributed by atoms with Crippen LogP contribution in [-0.2, 0) is 17.8 Å². The van der Waals surface area contributed by atoms with Crippen LogP contribution in [0.4, 0.5) is 0 Å². The summed E-state index contributed by atoms with van der Waals surface area (Å²) in [4.78, 5) is 12.5. The van der Waals surface area contributed by atoms with E-state index in [4.69, 9.17) is 10.2 Å². The van der Waals surface area contributed by atoms with Gasteiger partial charge in [0.1, 0.15) is 0 Å². The van der Waals surface area contributed by atoms with Gasteiger partial charge in [-0.3, -0.25) is 4.79 Å². The van der Waals surface area contributed by atoms with Gasteiger partial charge >= 0.3 is 5.97 Å². The molecular formula is C11H17NO3S. The number of hydrogen-bond acceptors (Lipinski definition) is 4. The summed E-state index contributed by atoms with van der Waals surface area (Å²) in [7, 11) is 0. The largest absolute Gasteiger partial charge is 0.481 e. The molecule has 0 aromatic carbocycles. The second-order valence-corrected chi connectivity index (χ2v) is 4.80. The maximum atomic E-state index is 10.5. The first-order valence-corrected chi connectivity index (χ1v) is 6.15. The fourth-order valence-corrected chi connectivity index (χ4v) is 2.31. The average molecular weight is 243 g/mol. The van der Waals surface area contributed by atoms with Crippen molar-refractivity contribution in [1.29, 1.82) is 0 Å². The van der Waals surface area contributed by atoms with E-state index in [-0.39, 0.29) is 13.0 Å². The Bertz CT molecular complexity index is 325. The Hall–Kier alpha value is -0.910. The molecule has 16 heavy (non-hydrogen) atoms. The molecule has 0 saturated carbocycles. The Morgan fingerprint density at radius 2 is 2.06 bits per heavy atom. The fourth-order valence-electron chi connectivity index (χ4n) is 1.33. The van der Waals surface area contributed by atoms with Crippen LogP contribution in [0.25, 0.3) is 0 Å². The van der Waals surface area contributed by atoms with Crippen molar-refractivity contribution in [2.75, 3.05) is 13.2 Å². The molecule has 5 heteroatoms. The molecule has 3 N–H and O–H groups in total. The minimum Gasteiger partial charge on any atom is -0.481 e. The van der Waals surface area contributed by atoms with Gasteiger partial charge in [0.05, 0.1) is 6.42 Å². The Morgan fingerprint density at radius 3 is 2.75 bits per heavy atom. The molecule has 0 bridgehead atoms. The zero-order valence-electron chi connectivity index (χ0n) is 9.11. The van der Waals surface area contributed by atoms with Crippen molar-refractivity contribution in [2.45, 2.75) is 25.8 Å². The minimum atomic E-state index is -0.788. The van der Waals surface area contributed by atoms with Crippen molar-refractivity contribution in [3.05, 3.63) is 21.9 Å². The lowest BCUT2D eigenvalue weighted by Crippen LogP contribution is -2.14. The van der Waals surface area contributed by atoms with E-state index in [2.05, 4.69) is 5.32 Å². The summed E-state index contributed by atoms with van der Waals surface area (Å²) < 4.78 is 0. The van der Waals surface area contributed by atoms with Crippen molar-refractivity contribution < 1.29 is 15.0 Å². The average Bonchev–Trinajstić information content (AvgIpc) is 2.64. The number of aliphatic hydroxyl groups excluding tert-OH is 1. The lowest BCUT2D eigenvalue weighted by Gasteiger charge is -2.01. The summed E-state index contributed by atoms with van der Waals surface area (Å²) in [6.45, 7) is 1.89. The van der Waals surface area contributed by atoms with E-state index < -0.39 is 5.97 Å². The molecule has 0 fully saturated rings. The van der Waals surface area contributed by atoms with Gasteiger partial charge in [0.2, 0.25) is 0 Å². The van der Waals surface area contributed by atoms with Crippen molar-refractivity contribution in [3.8, 4) is 0 Å². The molecule has 1 heterocycles. The quantitative estimate of drug-likeness (QED) is 0.601. The molecule has 0 aliphatic carbocycles. The van der Waals surface area contributed by atoms with Gasteiger partial charge in [0, 0.05) is 22.9 Å². The summed E-state index contributed by atoms with van der Waals surface area (Å²) in [6.07, 6.45) is 1.89. The highest BCUT2D eigenvalue weighted by Crippen LogP contribution is 2.16. The molecule has 0 spiro atoms. The Morgan fingerprint density at radius 1 is 1.31 bits per heavy atom. The lowest BCUT2D eigenvalue weighted by molar-refractivity contribution is -0.136. The van der Waals surface area contributed by atoms with Gasteiger partial charge in [-0.05, 0) is 31.5 Å². The van der Waals surface area contributed by atoms with Crippen LogP contribution in [-0.4, -0.2) is 29.3 Å². The van der Waals surface area contributed by atoms with Crippen molar-refractivity contribution in [2.24, 2.45) is 0 Å². The first kappa shape index (κ1) is 13.2. The third kappa shape index (κ3) is 5.25. The predicted molar refractivity (Wildman–Crippen MR) is 63.7 cm³/mol. The molecule has 0 atom stereocenters. The number of unbranched alkanes of at least 4 members (excludes halogenated alkanes) is 1. The molecule has 0 unspecified atom stereocenters. The van der Waals surface area contributed by atoms with Crippen molar-refractivity contribution in [3.63, 3.8) is 0 Å². The number of rotatable bonds is 8. The van der Waals surface area contributed by atoms with Gasteiger partial charge in [0.25, 0.3) is 0 Å². The monoisotopic (exact) mass is 243 g/mol. The standard InChI is InChI=1S/C11H17NO3S/c13-6-2-1-5-12-8-10-4-3-9(16-10)7-11(14)15/h3-4,12-13H,1-2,5-8H2,(H,14,15). The van der Waals surface area contributed by atoms with Gasteiger partial charge in [0.15, 0.2) is 0 Å². The fraction of sp³-hybridized carbons (Fsp3) is 0.545. The van der Waals surface area contributed by atoms with Gasteiger partial charge in [-0.25, -0.2) is 0 Å². The number of carboxylic acids is 1. The Labute approximate surface area is 98.9 Å². The van der Waals surface area contributed by atoms with Gasteiger partial charge in [-0.2, -0.15) is 0 Å². The highest BCUT2D eigenvalue weighted by molar-refractivity contribution is 7.12. The molecule has 1 aromatic rings. The number of nitrogens with one attached hydrogen (secondary N) is 1. The summed E-state index contributed by atoms with van der Waals surface area (Å²) >= 11 is 1.53. The normalized spacial score (nSPS) is 10.6. The summed E-state index contributed by atoms with van der Waals surface area (Å²) in [5.41, 5.74) is 0. The molecule has 0 amide bonds. The van der Waals surface area contributed by atoms with E-state index in [9.17, 15) is 4.79 Å². The molecule has 1 rings (SSSR count). The molecule has 4 nitrogen and oxygen atoms in total. The Balaban J connectivity index is 2.21. The van der Waals surface area contributed by atoms with Crippen LogP contribution in [0.5, 0.6) is 0 Å². The molecule has 0 saturated heterocycles. The van der Waals surface area contributed by atoms with Gasteiger partial charge < -0.3 is 15.5 Å². The number of carbonyl (C=O) groups is 1. The van der Waals surface area contributed by atoms with Crippen LogP contribution >= 0.6 is 11.3 Å².